The number of anilines is 1. The number of amides is 2. The average molecular weight is 446 g/mol. The zero-order chi connectivity index (χ0) is 22.3. The van der Waals surface area contributed by atoms with E-state index in [1.165, 1.54) is 11.4 Å². The molecule has 1 heterocycles. The number of benzene rings is 2. The topological polar surface area (TPSA) is 105 Å². The van der Waals surface area contributed by atoms with Gasteiger partial charge in [0.1, 0.15) is 5.75 Å². The number of sulfonamides is 1. The number of nitrogens with one attached hydrogen (secondary N) is 2. The molecule has 1 saturated heterocycles. The number of piperidine rings is 1. The molecule has 2 amide bonds. The quantitative estimate of drug-likeness (QED) is 0.636. The van der Waals surface area contributed by atoms with Crippen molar-refractivity contribution in [2.75, 3.05) is 32.1 Å². The summed E-state index contributed by atoms with van der Waals surface area (Å²) in [6.07, 6.45) is 3.31. The Kier molecular flexibility index (Phi) is 7.64. The van der Waals surface area contributed by atoms with Gasteiger partial charge in [0, 0.05) is 19.6 Å². The van der Waals surface area contributed by atoms with Gasteiger partial charge < -0.3 is 15.4 Å². The molecular weight excluding hydrogens is 418 g/mol. The Labute approximate surface area is 182 Å². The van der Waals surface area contributed by atoms with Crippen molar-refractivity contribution < 1.29 is 22.7 Å². The van der Waals surface area contributed by atoms with E-state index < -0.39 is 21.8 Å². The van der Waals surface area contributed by atoms with Crippen LogP contribution in [-0.4, -0.2) is 51.3 Å². The van der Waals surface area contributed by atoms with Crippen LogP contribution < -0.4 is 15.4 Å². The molecule has 1 fully saturated rings. The van der Waals surface area contributed by atoms with Crippen LogP contribution in [0.2, 0.25) is 0 Å². The summed E-state index contributed by atoms with van der Waals surface area (Å²) in [5.41, 5.74) is 1.28. The van der Waals surface area contributed by atoms with Crippen molar-refractivity contribution in [3.8, 4) is 5.75 Å². The van der Waals surface area contributed by atoms with E-state index in [1.807, 2.05) is 0 Å². The Hall–Kier alpha value is -2.91. The van der Waals surface area contributed by atoms with Crippen molar-refractivity contribution in [3.05, 3.63) is 54.1 Å². The van der Waals surface area contributed by atoms with E-state index in [-0.39, 0.29) is 11.4 Å². The lowest BCUT2D eigenvalue weighted by molar-refractivity contribution is -0.136. The summed E-state index contributed by atoms with van der Waals surface area (Å²) >= 11 is 0. The monoisotopic (exact) mass is 445 g/mol. The number of methoxy groups -OCH3 is 1. The van der Waals surface area contributed by atoms with Crippen molar-refractivity contribution in [3.63, 3.8) is 0 Å². The lowest BCUT2D eigenvalue weighted by Gasteiger charge is -2.25. The summed E-state index contributed by atoms with van der Waals surface area (Å²) in [4.78, 5) is 24.4. The fourth-order valence-electron chi connectivity index (χ4n) is 3.41. The molecule has 2 aromatic carbocycles. The Balaban J connectivity index is 1.50. The number of nitrogens with zero attached hydrogens (tertiary/aromatic N) is 1. The summed E-state index contributed by atoms with van der Waals surface area (Å²) in [7, 11) is -1.98. The first kappa shape index (κ1) is 22.8. The molecule has 166 valence electrons. The van der Waals surface area contributed by atoms with Gasteiger partial charge in [0.15, 0.2) is 0 Å². The van der Waals surface area contributed by atoms with Crippen LogP contribution in [0.5, 0.6) is 5.75 Å². The molecule has 9 heteroatoms. The average Bonchev–Trinajstić information content (AvgIpc) is 2.80. The molecule has 0 spiro atoms. The third-order valence-electron chi connectivity index (χ3n) is 5.14. The van der Waals surface area contributed by atoms with E-state index in [1.54, 1.807) is 48.5 Å². The van der Waals surface area contributed by atoms with Gasteiger partial charge >= 0.3 is 11.8 Å². The van der Waals surface area contributed by atoms with Gasteiger partial charge in [0.25, 0.3) is 0 Å². The number of carbonyl (C=O) groups excluding carboxylic acids is 2. The molecule has 1 aliphatic heterocycles. The summed E-state index contributed by atoms with van der Waals surface area (Å²) in [5, 5.41) is 5.08. The Bertz CT molecular complexity index is 1020. The molecule has 0 radical (unpaired) electrons. The molecule has 0 bridgehead atoms. The van der Waals surface area contributed by atoms with Gasteiger partial charge in [-0.2, -0.15) is 4.31 Å². The first-order chi connectivity index (χ1) is 14.9. The second-order valence-electron chi connectivity index (χ2n) is 7.27. The van der Waals surface area contributed by atoms with Crippen LogP contribution in [0.25, 0.3) is 0 Å². The number of ether oxygens (including phenoxy) is 1. The molecule has 0 unspecified atom stereocenters. The number of rotatable bonds is 7. The number of hydrogen-bond acceptors (Lipinski definition) is 5. The SMILES string of the molecule is COc1ccccc1NC(=O)C(=O)NCCc1ccc(S(=O)(=O)N2CCCCC2)cc1. The molecule has 2 N–H and O–H groups in total. The maximum atomic E-state index is 12.7. The van der Waals surface area contributed by atoms with Crippen LogP contribution in [0, 0.1) is 0 Å². The maximum absolute atomic E-state index is 12.7. The standard InChI is InChI=1S/C22H27N3O5S/c1-30-20-8-4-3-7-19(20)24-22(27)21(26)23-14-13-17-9-11-18(12-10-17)31(28,29)25-15-5-2-6-16-25/h3-4,7-12H,2,5-6,13-16H2,1H3,(H,23,26)(H,24,27). The molecule has 0 aliphatic carbocycles. The Morgan fingerprint density at radius 3 is 2.32 bits per heavy atom. The Morgan fingerprint density at radius 2 is 1.65 bits per heavy atom. The number of hydrogen-bond donors (Lipinski definition) is 2. The smallest absolute Gasteiger partial charge is 0.313 e. The van der Waals surface area contributed by atoms with Crippen molar-refractivity contribution >= 4 is 27.5 Å². The molecule has 31 heavy (non-hydrogen) atoms. The highest BCUT2D eigenvalue weighted by Gasteiger charge is 2.25. The van der Waals surface area contributed by atoms with Crippen molar-refractivity contribution in [1.82, 2.24) is 9.62 Å². The normalized spacial score (nSPS) is 14.6. The van der Waals surface area contributed by atoms with E-state index in [0.717, 1.165) is 24.8 Å². The third kappa shape index (κ3) is 5.83. The molecule has 0 saturated carbocycles. The summed E-state index contributed by atoms with van der Waals surface area (Å²) in [6, 6.07) is 13.5. The van der Waals surface area contributed by atoms with Crippen molar-refractivity contribution in [2.45, 2.75) is 30.6 Å². The fourth-order valence-corrected chi connectivity index (χ4v) is 4.93. The summed E-state index contributed by atoms with van der Waals surface area (Å²) in [6.45, 7) is 1.37. The van der Waals surface area contributed by atoms with Gasteiger partial charge in [-0.3, -0.25) is 9.59 Å². The van der Waals surface area contributed by atoms with Gasteiger partial charge in [-0.15, -0.1) is 0 Å². The lowest BCUT2D eigenvalue weighted by atomic mass is 10.1. The number of carbonyl (C=O) groups is 2. The van der Waals surface area contributed by atoms with E-state index in [9.17, 15) is 18.0 Å². The zero-order valence-electron chi connectivity index (χ0n) is 17.5. The van der Waals surface area contributed by atoms with Crippen LogP contribution >= 0.6 is 0 Å². The van der Waals surface area contributed by atoms with Gasteiger partial charge in [0.2, 0.25) is 10.0 Å². The van der Waals surface area contributed by atoms with Crippen LogP contribution in [0.3, 0.4) is 0 Å². The third-order valence-corrected chi connectivity index (χ3v) is 7.05. The minimum absolute atomic E-state index is 0.246. The fraction of sp³-hybridized carbons (Fsp3) is 0.364. The molecule has 8 nitrogen and oxygen atoms in total. The Morgan fingerprint density at radius 1 is 0.968 bits per heavy atom. The van der Waals surface area contributed by atoms with Gasteiger partial charge in [-0.05, 0) is 49.1 Å². The molecule has 0 aromatic heterocycles. The van der Waals surface area contributed by atoms with E-state index >= 15 is 0 Å². The van der Waals surface area contributed by atoms with Gasteiger partial charge in [-0.1, -0.05) is 30.7 Å². The second-order valence-corrected chi connectivity index (χ2v) is 9.21. The van der Waals surface area contributed by atoms with Crippen molar-refractivity contribution in [1.29, 1.82) is 0 Å². The van der Waals surface area contributed by atoms with Crippen LogP contribution in [0.15, 0.2) is 53.4 Å². The highest BCUT2D eigenvalue weighted by Crippen LogP contribution is 2.23. The van der Waals surface area contributed by atoms with Crippen LogP contribution in [0.1, 0.15) is 24.8 Å². The summed E-state index contributed by atoms with van der Waals surface area (Å²) < 4.78 is 32.1. The second kappa shape index (κ2) is 10.4. The largest absolute Gasteiger partial charge is 0.495 e. The minimum atomic E-state index is -3.46. The first-order valence-electron chi connectivity index (χ1n) is 10.2. The molecule has 1 aliphatic rings. The molecule has 3 rings (SSSR count). The van der Waals surface area contributed by atoms with Crippen LogP contribution in [-0.2, 0) is 26.0 Å². The van der Waals surface area contributed by atoms with E-state index in [2.05, 4.69) is 10.6 Å². The lowest BCUT2D eigenvalue weighted by Crippen LogP contribution is -2.36. The minimum Gasteiger partial charge on any atom is -0.495 e. The van der Waals surface area contributed by atoms with Gasteiger partial charge in [0.05, 0.1) is 17.7 Å². The highest BCUT2D eigenvalue weighted by atomic mass is 32.2. The van der Waals surface area contributed by atoms with E-state index in [0.29, 0.717) is 30.9 Å². The van der Waals surface area contributed by atoms with Crippen molar-refractivity contribution in [2.24, 2.45) is 0 Å². The molecular formula is C22H27N3O5S. The predicted molar refractivity (Wildman–Crippen MR) is 117 cm³/mol. The predicted octanol–water partition coefficient (Wildman–Crippen LogP) is 2.17. The van der Waals surface area contributed by atoms with Gasteiger partial charge in [-0.25, -0.2) is 8.42 Å². The molecule has 0 atom stereocenters. The van der Waals surface area contributed by atoms with Crippen LogP contribution in [0.4, 0.5) is 5.69 Å². The highest BCUT2D eigenvalue weighted by molar-refractivity contribution is 7.89. The maximum Gasteiger partial charge on any atom is 0.313 e. The number of para-hydroxylation sites is 2. The first-order valence-corrected chi connectivity index (χ1v) is 11.7. The molecule has 2 aromatic rings. The van der Waals surface area contributed by atoms with E-state index in [4.69, 9.17) is 4.74 Å². The zero-order valence-corrected chi connectivity index (χ0v) is 18.3. The summed E-state index contributed by atoms with van der Waals surface area (Å²) in [5.74, 6) is -1.08.